The van der Waals surface area contributed by atoms with Crippen LogP contribution in [0.15, 0.2) is 5.16 Å². The quantitative estimate of drug-likeness (QED) is 0.639. The highest BCUT2D eigenvalue weighted by molar-refractivity contribution is 7.99. The van der Waals surface area contributed by atoms with Gasteiger partial charge in [0.1, 0.15) is 5.54 Å². The van der Waals surface area contributed by atoms with E-state index in [1.54, 1.807) is 6.92 Å². The van der Waals surface area contributed by atoms with Crippen LogP contribution in [0, 0.1) is 32.1 Å². The van der Waals surface area contributed by atoms with Gasteiger partial charge in [-0.1, -0.05) is 11.8 Å². The lowest BCUT2D eigenvalue weighted by molar-refractivity contribution is 0.680. The highest BCUT2D eigenvalue weighted by Gasteiger charge is 2.18. The lowest BCUT2D eigenvalue weighted by Crippen LogP contribution is -2.36. The number of nitrogens with zero attached hydrogens (tertiary/aromatic N) is 3. The number of nitriles is 1. The molecule has 0 saturated heterocycles. The first-order valence-corrected chi connectivity index (χ1v) is 5.99. The van der Waals surface area contributed by atoms with Gasteiger partial charge in [0, 0.05) is 17.1 Å². The largest absolute Gasteiger partial charge is 0.313 e. The Kier molecular flexibility index (Phi) is 3.89. The molecule has 5 heteroatoms. The second kappa shape index (κ2) is 4.81. The van der Waals surface area contributed by atoms with Crippen LogP contribution in [0.5, 0.6) is 0 Å². The van der Waals surface area contributed by atoms with Gasteiger partial charge in [0.25, 0.3) is 0 Å². The van der Waals surface area contributed by atoms with Gasteiger partial charge < -0.3 is 5.73 Å². The van der Waals surface area contributed by atoms with Gasteiger partial charge >= 0.3 is 0 Å². The summed E-state index contributed by atoms with van der Waals surface area (Å²) in [5.41, 5.74) is 7.97. The van der Waals surface area contributed by atoms with Gasteiger partial charge in [0.15, 0.2) is 5.16 Å². The molecule has 1 aromatic rings. The molecule has 0 aliphatic heterocycles. The third-order valence-electron chi connectivity index (χ3n) is 2.37. The number of aromatic nitrogens is 2. The molecule has 2 N–H and O–H groups in total. The van der Waals surface area contributed by atoms with E-state index in [1.807, 2.05) is 20.8 Å². The minimum absolute atomic E-state index is 0.492. The predicted octanol–water partition coefficient (Wildman–Crippen LogP) is 1.73. The fourth-order valence-corrected chi connectivity index (χ4v) is 1.95. The Hall–Kier alpha value is -1.12. The van der Waals surface area contributed by atoms with Gasteiger partial charge in [-0.25, -0.2) is 9.97 Å². The van der Waals surface area contributed by atoms with Crippen LogP contribution in [0.3, 0.4) is 0 Å². The summed E-state index contributed by atoms with van der Waals surface area (Å²) >= 11 is 1.42. The van der Waals surface area contributed by atoms with E-state index in [2.05, 4.69) is 16.0 Å². The van der Waals surface area contributed by atoms with E-state index in [4.69, 9.17) is 11.0 Å². The Balaban J connectivity index is 2.81. The standard InChI is InChI=1S/C11H16N4S/c1-7-8(2)14-10(15-9(7)3)16-6-11(4,13)5-12/h6,13H2,1-4H3. The van der Waals surface area contributed by atoms with Crippen LogP contribution in [0.1, 0.15) is 23.9 Å². The predicted molar refractivity (Wildman–Crippen MR) is 65.2 cm³/mol. The van der Waals surface area contributed by atoms with Crippen molar-refractivity contribution in [3.63, 3.8) is 0 Å². The monoisotopic (exact) mass is 236 g/mol. The number of hydrogen-bond donors (Lipinski definition) is 1. The van der Waals surface area contributed by atoms with Crippen molar-refractivity contribution >= 4 is 11.8 Å². The van der Waals surface area contributed by atoms with Gasteiger partial charge in [-0.2, -0.15) is 5.26 Å². The molecule has 0 bridgehead atoms. The van der Waals surface area contributed by atoms with Gasteiger partial charge in [-0.05, 0) is 33.3 Å². The van der Waals surface area contributed by atoms with Crippen LogP contribution in [0.4, 0.5) is 0 Å². The van der Waals surface area contributed by atoms with E-state index >= 15 is 0 Å². The van der Waals surface area contributed by atoms with Crippen LogP contribution < -0.4 is 5.73 Å². The molecular weight excluding hydrogens is 220 g/mol. The molecule has 0 aliphatic carbocycles. The smallest absolute Gasteiger partial charge is 0.188 e. The van der Waals surface area contributed by atoms with Crippen molar-refractivity contribution in [2.45, 2.75) is 38.4 Å². The molecule has 86 valence electrons. The van der Waals surface area contributed by atoms with Crippen molar-refractivity contribution in [3.8, 4) is 6.07 Å². The molecule has 0 saturated carbocycles. The van der Waals surface area contributed by atoms with Crippen molar-refractivity contribution in [1.29, 1.82) is 5.26 Å². The third kappa shape index (κ3) is 3.19. The van der Waals surface area contributed by atoms with Crippen molar-refractivity contribution in [2.75, 3.05) is 5.75 Å². The van der Waals surface area contributed by atoms with Crippen molar-refractivity contribution in [1.82, 2.24) is 9.97 Å². The highest BCUT2D eigenvalue weighted by Crippen LogP contribution is 2.20. The second-order valence-corrected chi connectivity index (χ2v) is 5.06. The zero-order chi connectivity index (χ0) is 12.3. The summed E-state index contributed by atoms with van der Waals surface area (Å²) in [5, 5.41) is 9.48. The highest BCUT2D eigenvalue weighted by atomic mass is 32.2. The molecule has 1 unspecified atom stereocenters. The Morgan fingerprint density at radius 1 is 1.31 bits per heavy atom. The lowest BCUT2D eigenvalue weighted by Gasteiger charge is -2.14. The van der Waals surface area contributed by atoms with Crippen LogP contribution in [0.25, 0.3) is 0 Å². The minimum Gasteiger partial charge on any atom is -0.313 e. The fourth-order valence-electron chi connectivity index (χ4n) is 1.05. The number of nitrogens with two attached hydrogens (primary N) is 1. The maximum Gasteiger partial charge on any atom is 0.188 e. The third-order valence-corrected chi connectivity index (χ3v) is 3.55. The van der Waals surface area contributed by atoms with E-state index in [9.17, 15) is 0 Å². The van der Waals surface area contributed by atoms with E-state index in [0.717, 1.165) is 17.0 Å². The summed E-state index contributed by atoms with van der Waals surface area (Å²) in [5.74, 6) is 0.492. The zero-order valence-corrected chi connectivity index (χ0v) is 10.9. The molecule has 0 radical (unpaired) electrons. The summed E-state index contributed by atoms with van der Waals surface area (Å²) < 4.78 is 0. The molecular formula is C11H16N4S. The molecule has 4 nitrogen and oxygen atoms in total. The maximum absolute atomic E-state index is 8.80. The average Bonchev–Trinajstić information content (AvgIpc) is 2.23. The fraction of sp³-hybridized carbons (Fsp3) is 0.545. The van der Waals surface area contributed by atoms with Gasteiger partial charge in [-0.3, -0.25) is 0 Å². The summed E-state index contributed by atoms with van der Waals surface area (Å²) in [6, 6.07) is 2.05. The Bertz CT molecular complexity index is 411. The Morgan fingerprint density at radius 2 is 1.81 bits per heavy atom. The molecule has 0 aromatic carbocycles. The lowest BCUT2D eigenvalue weighted by atomic mass is 10.1. The van der Waals surface area contributed by atoms with Crippen molar-refractivity contribution < 1.29 is 0 Å². The SMILES string of the molecule is Cc1nc(SCC(C)(N)C#N)nc(C)c1C. The van der Waals surface area contributed by atoms with E-state index in [0.29, 0.717) is 10.9 Å². The molecule has 1 atom stereocenters. The Labute approximate surface area is 100 Å². The molecule has 1 heterocycles. The van der Waals surface area contributed by atoms with Gasteiger partial charge in [0.2, 0.25) is 0 Å². The molecule has 0 amide bonds. The number of rotatable bonds is 3. The second-order valence-electron chi connectivity index (χ2n) is 4.12. The van der Waals surface area contributed by atoms with E-state index in [-0.39, 0.29) is 0 Å². The summed E-state index contributed by atoms with van der Waals surface area (Å²) in [4.78, 5) is 8.72. The summed E-state index contributed by atoms with van der Waals surface area (Å²) in [6.07, 6.45) is 0. The van der Waals surface area contributed by atoms with Crippen LogP contribution in [-0.2, 0) is 0 Å². The molecule has 0 fully saturated rings. The molecule has 1 rings (SSSR count). The van der Waals surface area contributed by atoms with Crippen molar-refractivity contribution in [3.05, 3.63) is 17.0 Å². The number of aryl methyl sites for hydroxylation is 2. The average molecular weight is 236 g/mol. The van der Waals surface area contributed by atoms with Crippen LogP contribution in [-0.4, -0.2) is 21.3 Å². The first kappa shape index (κ1) is 12.9. The van der Waals surface area contributed by atoms with E-state index < -0.39 is 5.54 Å². The Morgan fingerprint density at radius 3 is 2.25 bits per heavy atom. The molecule has 1 aromatic heterocycles. The summed E-state index contributed by atoms with van der Waals surface area (Å²) in [6.45, 7) is 7.62. The van der Waals surface area contributed by atoms with Gasteiger partial charge in [-0.15, -0.1) is 0 Å². The topological polar surface area (TPSA) is 75.6 Å². The zero-order valence-electron chi connectivity index (χ0n) is 10.0. The normalized spacial score (nSPS) is 14.2. The minimum atomic E-state index is -0.833. The number of thioether (sulfide) groups is 1. The van der Waals surface area contributed by atoms with Gasteiger partial charge in [0.05, 0.1) is 6.07 Å². The first-order valence-electron chi connectivity index (χ1n) is 5.00. The first-order chi connectivity index (χ1) is 7.35. The molecule has 0 spiro atoms. The summed E-state index contributed by atoms with van der Waals surface area (Å²) in [7, 11) is 0. The molecule has 16 heavy (non-hydrogen) atoms. The van der Waals surface area contributed by atoms with E-state index in [1.165, 1.54) is 11.8 Å². The van der Waals surface area contributed by atoms with Crippen molar-refractivity contribution in [2.24, 2.45) is 5.73 Å². The van der Waals surface area contributed by atoms with Crippen LogP contribution >= 0.6 is 11.8 Å². The molecule has 0 aliphatic rings. The number of hydrogen-bond acceptors (Lipinski definition) is 5. The maximum atomic E-state index is 8.80. The van der Waals surface area contributed by atoms with Crippen LogP contribution in [0.2, 0.25) is 0 Å².